The maximum atomic E-state index is 4.52. The molecule has 1 aliphatic carbocycles. The maximum absolute atomic E-state index is 4.52. The van der Waals surface area contributed by atoms with E-state index >= 15 is 0 Å². The molecule has 2 heterocycles. The molecular weight excluding hydrogens is 322 g/mol. The van der Waals surface area contributed by atoms with E-state index < -0.39 is 0 Å². The maximum Gasteiger partial charge on any atom is 0.156 e. The van der Waals surface area contributed by atoms with Crippen molar-refractivity contribution in [3.8, 4) is 0 Å². The van der Waals surface area contributed by atoms with E-state index in [1.54, 1.807) is 11.8 Å². The third-order valence-electron chi connectivity index (χ3n) is 4.53. The highest BCUT2D eigenvalue weighted by Crippen LogP contribution is 2.40. The average Bonchev–Trinajstić information content (AvgIpc) is 3.06. The summed E-state index contributed by atoms with van der Waals surface area (Å²) in [6.45, 7) is 11.6. The Kier molecular flexibility index (Phi) is 4.44. The standard InChI is InChI=1S/C16H27N7S/c1-15(2,3)14-18-19-21-22(14)10-9-16(4,5)12-13(24-6)23(20-17-12)11-7-8-11/h11H,7-10H2,1-6H3. The average molecular weight is 350 g/mol. The summed E-state index contributed by atoms with van der Waals surface area (Å²) < 4.78 is 4.03. The summed E-state index contributed by atoms with van der Waals surface area (Å²) in [6.07, 6.45) is 5.46. The third-order valence-corrected chi connectivity index (χ3v) is 5.30. The molecule has 1 saturated carbocycles. The zero-order valence-electron chi connectivity index (χ0n) is 15.4. The first-order valence-corrected chi connectivity index (χ1v) is 9.73. The van der Waals surface area contributed by atoms with Crippen LogP contribution in [-0.4, -0.2) is 41.5 Å². The second kappa shape index (κ2) is 6.13. The Bertz CT molecular complexity index is 706. The Morgan fingerprint density at radius 2 is 1.79 bits per heavy atom. The molecule has 1 aliphatic rings. The van der Waals surface area contributed by atoms with Crippen LogP contribution < -0.4 is 0 Å². The first kappa shape index (κ1) is 17.4. The second-order valence-corrected chi connectivity index (χ2v) is 9.03. The number of aromatic nitrogens is 7. The molecule has 0 bridgehead atoms. The molecule has 0 amide bonds. The lowest BCUT2D eigenvalue weighted by Gasteiger charge is -2.24. The highest BCUT2D eigenvalue weighted by molar-refractivity contribution is 7.98. The second-order valence-electron chi connectivity index (χ2n) is 8.23. The van der Waals surface area contributed by atoms with Gasteiger partial charge in [-0.2, -0.15) is 0 Å². The topological polar surface area (TPSA) is 74.3 Å². The van der Waals surface area contributed by atoms with E-state index in [1.807, 2.05) is 4.68 Å². The summed E-state index contributed by atoms with van der Waals surface area (Å²) in [6, 6.07) is 0.552. The predicted molar refractivity (Wildman–Crippen MR) is 94.2 cm³/mol. The lowest BCUT2D eigenvalue weighted by molar-refractivity contribution is 0.380. The lowest BCUT2D eigenvalue weighted by Crippen LogP contribution is -2.25. The van der Waals surface area contributed by atoms with Crippen LogP contribution in [0.3, 0.4) is 0 Å². The molecule has 132 valence electrons. The summed E-state index contributed by atoms with van der Waals surface area (Å²) in [5.41, 5.74) is 0.951. The predicted octanol–water partition coefficient (Wildman–Crippen LogP) is 2.99. The molecule has 0 saturated heterocycles. The van der Waals surface area contributed by atoms with Gasteiger partial charge in [-0.3, -0.25) is 0 Å². The van der Waals surface area contributed by atoms with Gasteiger partial charge in [-0.05, 0) is 35.9 Å². The molecule has 2 aromatic heterocycles. The molecule has 2 aromatic rings. The first-order valence-electron chi connectivity index (χ1n) is 8.50. The fraction of sp³-hybridized carbons (Fsp3) is 0.812. The van der Waals surface area contributed by atoms with Crippen LogP contribution in [0.25, 0.3) is 0 Å². The largest absolute Gasteiger partial charge is 0.235 e. The van der Waals surface area contributed by atoms with Crippen LogP contribution >= 0.6 is 11.8 Å². The van der Waals surface area contributed by atoms with E-state index in [0.29, 0.717) is 6.04 Å². The minimum Gasteiger partial charge on any atom is -0.235 e. The molecule has 0 N–H and O–H groups in total. The van der Waals surface area contributed by atoms with Crippen molar-refractivity contribution in [3.63, 3.8) is 0 Å². The highest BCUT2D eigenvalue weighted by Gasteiger charge is 2.34. The van der Waals surface area contributed by atoms with Crippen molar-refractivity contribution in [2.24, 2.45) is 0 Å². The molecule has 0 spiro atoms. The molecular formula is C16H27N7S. The summed E-state index contributed by atoms with van der Waals surface area (Å²) in [7, 11) is 0. The number of nitrogens with zero attached hydrogens (tertiary/aromatic N) is 7. The van der Waals surface area contributed by atoms with Crippen molar-refractivity contribution in [1.29, 1.82) is 0 Å². The number of tetrazole rings is 1. The number of hydrogen-bond donors (Lipinski definition) is 0. The number of aryl methyl sites for hydroxylation is 1. The molecule has 8 heteroatoms. The van der Waals surface area contributed by atoms with Crippen molar-refractivity contribution < 1.29 is 0 Å². The first-order chi connectivity index (χ1) is 11.2. The Morgan fingerprint density at radius 1 is 1.08 bits per heavy atom. The van der Waals surface area contributed by atoms with E-state index in [4.69, 9.17) is 0 Å². The normalized spacial score (nSPS) is 15.9. The highest BCUT2D eigenvalue weighted by atomic mass is 32.2. The van der Waals surface area contributed by atoms with E-state index in [-0.39, 0.29) is 10.8 Å². The van der Waals surface area contributed by atoms with Crippen LogP contribution in [-0.2, 0) is 17.4 Å². The molecule has 0 atom stereocenters. The minimum absolute atomic E-state index is 0.0623. The van der Waals surface area contributed by atoms with E-state index in [9.17, 15) is 0 Å². The van der Waals surface area contributed by atoms with Gasteiger partial charge in [0.05, 0.1) is 6.04 Å². The Balaban J connectivity index is 1.79. The lowest BCUT2D eigenvalue weighted by atomic mass is 9.86. The van der Waals surface area contributed by atoms with Crippen LogP contribution in [0.4, 0.5) is 0 Å². The molecule has 0 radical (unpaired) electrons. The van der Waals surface area contributed by atoms with Gasteiger partial charge < -0.3 is 0 Å². The zero-order chi connectivity index (χ0) is 17.5. The summed E-state index contributed by atoms with van der Waals surface area (Å²) >= 11 is 1.75. The van der Waals surface area contributed by atoms with Gasteiger partial charge in [0.1, 0.15) is 10.7 Å². The van der Waals surface area contributed by atoms with Gasteiger partial charge in [-0.25, -0.2) is 9.36 Å². The van der Waals surface area contributed by atoms with E-state index in [2.05, 4.69) is 71.4 Å². The van der Waals surface area contributed by atoms with Crippen LogP contribution in [0.2, 0.25) is 0 Å². The molecule has 24 heavy (non-hydrogen) atoms. The molecule has 0 aliphatic heterocycles. The number of thioether (sulfide) groups is 1. The van der Waals surface area contributed by atoms with Crippen molar-refractivity contribution in [3.05, 3.63) is 11.5 Å². The molecule has 0 unspecified atom stereocenters. The van der Waals surface area contributed by atoms with Gasteiger partial charge >= 0.3 is 0 Å². The fourth-order valence-corrected chi connectivity index (χ4v) is 3.74. The molecule has 3 rings (SSSR count). The van der Waals surface area contributed by atoms with Crippen LogP contribution in [0.15, 0.2) is 5.03 Å². The van der Waals surface area contributed by atoms with Gasteiger partial charge in [0.15, 0.2) is 5.82 Å². The van der Waals surface area contributed by atoms with Crippen molar-refractivity contribution in [2.45, 2.75) is 82.3 Å². The monoisotopic (exact) mass is 349 g/mol. The summed E-state index contributed by atoms with van der Waals surface area (Å²) in [5, 5.41) is 22.4. The van der Waals surface area contributed by atoms with Crippen LogP contribution in [0.5, 0.6) is 0 Å². The number of hydrogen-bond acceptors (Lipinski definition) is 6. The quantitative estimate of drug-likeness (QED) is 0.746. The van der Waals surface area contributed by atoms with Crippen molar-refractivity contribution >= 4 is 11.8 Å². The summed E-state index contributed by atoms with van der Waals surface area (Å²) in [5.74, 6) is 0.921. The Morgan fingerprint density at radius 3 is 2.38 bits per heavy atom. The van der Waals surface area contributed by atoms with Gasteiger partial charge in [-0.15, -0.1) is 22.0 Å². The molecule has 1 fully saturated rings. The van der Waals surface area contributed by atoms with Crippen LogP contribution in [0.1, 0.15) is 71.4 Å². The van der Waals surface area contributed by atoms with Gasteiger partial charge in [0, 0.05) is 17.4 Å². The van der Waals surface area contributed by atoms with Gasteiger partial charge in [-0.1, -0.05) is 39.8 Å². The van der Waals surface area contributed by atoms with Crippen molar-refractivity contribution in [2.75, 3.05) is 6.26 Å². The third kappa shape index (κ3) is 3.34. The molecule has 0 aromatic carbocycles. The SMILES string of the molecule is CSc1c(C(C)(C)CCn2nnnc2C(C)(C)C)nnn1C1CC1. The van der Waals surface area contributed by atoms with E-state index in [1.165, 1.54) is 17.9 Å². The number of rotatable bonds is 6. The smallest absolute Gasteiger partial charge is 0.156 e. The van der Waals surface area contributed by atoms with Crippen LogP contribution in [0, 0.1) is 0 Å². The van der Waals surface area contributed by atoms with Gasteiger partial charge in [0.2, 0.25) is 0 Å². The van der Waals surface area contributed by atoms with E-state index in [0.717, 1.165) is 24.5 Å². The van der Waals surface area contributed by atoms with Crippen molar-refractivity contribution in [1.82, 2.24) is 35.2 Å². The fourth-order valence-electron chi connectivity index (χ4n) is 2.85. The molecule has 7 nitrogen and oxygen atoms in total. The Labute approximate surface area is 147 Å². The Hall–Kier alpha value is -1.44. The van der Waals surface area contributed by atoms with Gasteiger partial charge in [0.25, 0.3) is 0 Å². The zero-order valence-corrected chi connectivity index (χ0v) is 16.3. The summed E-state index contributed by atoms with van der Waals surface area (Å²) in [4.78, 5) is 0. The minimum atomic E-state index is -0.0768.